The lowest BCUT2D eigenvalue weighted by atomic mass is 9.85. The van der Waals surface area contributed by atoms with Crippen LogP contribution in [0.2, 0.25) is 0 Å². The Kier molecular flexibility index (Phi) is 6.13. The molecule has 0 spiro atoms. The molecule has 1 heterocycles. The zero-order chi connectivity index (χ0) is 13.8. The Morgan fingerprint density at radius 2 is 1.83 bits per heavy atom. The fourth-order valence-corrected chi connectivity index (χ4v) is 2.76. The molecule has 0 aliphatic carbocycles. The number of nitrogens with one attached hydrogen (secondary N) is 1. The monoisotopic (exact) mass is 254 g/mol. The van der Waals surface area contributed by atoms with Crippen LogP contribution >= 0.6 is 0 Å². The van der Waals surface area contributed by atoms with Gasteiger partial charge in [-0.1, -0.05) is 47.5 Å². The average molecular weight is 254 g/mol. The van der Waals surface area contributed by atoms with Gasteiger partial charge in [-0.2, -0.15) is 0 Å². The summed E-state index contributed by atoms with van der Waals surface area (Å²) in [4.78, 5) is 2.69. The van der Waals surface area contributed by atoms with E-state index in [-0.39, 0.29) is 0 Å². The van der Waals surface area contributed by atoms with Gasteiger partial charge in [-0.15, -0.1) is 0 Å². The second-order valence-electron chi connectivity index (χ2n) is 7.54. The van der Waals surface area contributed by atoms with E-state index in [0.717, 1.165) is 18.5 Å². The summed E-state index contributed by atoms with van der Waals surface area (Å²) in [6.07, 6.45) is 4.11. The zero-order valence-electron chi connectivity index (χ0n) is 13.4. The minimum atomic E-state index is 0.371. The lowest BCUT2D eigenvalue weighted by molar-refractivity contribution is 0.0990. The lowest BCUT2D eigenvalue weighted by Gasteiger charge is -2.43. The van der Waals surface area contributed by atoms with E-state index < -0.39 is 0 Å². The first-order valence-electron chi connectivity index (χ1n) is 7.78. The third kappa shape index (κ3) is 5.27. The Balaban J connectivity index is 2.36. The van der Waals surface area contributed by atoms with Crippen molar-refractivity contribution in [2.75, 3.05) is 19.6 Å². The molecular weight excluding hydrogens is 220 g/mol. The molecule has 18 heavy (non-hydrogen) atoms. The van der Waals surface area contributed by atoms with Gasteiger partial charge in [0.25, 0.3) is 0 Å². The van der Waals surface area contributed by atoms with E-state index in [1.54, 1.807) is 0 Å². The van der Waals surface area contributed by atoms with Crippen LogP contribution < -0.4 is 5.32 Å². The molecule has 2 nitrogen and oxygen atoms in total. The third-order valence-corrected chi connectivity index (χ3v) is 4.28. The Hall–Kier alpha value is -0.0800. The van der Waals surface area contributed by atoms with Crippen LogP contribution in [0, 0.1) is 11.3 Å². The van der Waals surface area contributed by atoms with E-state index in [2.05, 4.69) is 51.8 Å². The van der Waals surface area contributed by atoms with Crippen molar-refractivity contribution < 1.29 is 0 Å². The van der Waals surface area contributed by atoms with Gasteiger partial charge in [0.1, 0.15) is 0 Å². The fraction of sp³-hybridized carbons (Fsp3) is 1.00. The van der Waals surface area contributed by atoms with Crippen molar-refractivity contribution in [1.29, 1.82) is 0 Å². The highest BCUT2D eigenvalue weighted by Gasteiger charge is 2.30. The van der Waals surface area contributed by atoms with Gasteiger partial charge < -0.3 is 5.32 Å². The maximum Gasteiger partial charge on any atom is 0.0244 e. The van der Waals surface area contributed by atoms with Gasteiger partial charge in [0.15, 0.2) is 0 Å². The molecule has 1 fully saturated rings. The highest BCUT2D eigenvalue weighted by molar-refractivity contribution is 4.88. The van der Waals surface area contributed by atoms with Crippen LogP contribution in [0.3, 0.4) is 0 Å². The molecule has 1 aliphatic heterocycles. The van der Waals surface area contributed by atoms with Crippen LogP contribution in [-0.4, -0.2) is 36.6 Å². The van der Waals surface area contributed by atoms with Gasteiger partial charge in [-0.25, -0.2) is 0 Å². The van der Waals surface area contributed by atoms with Crippen LogP contribution in [0.1, 0.15) is 60.8 Å². The summed E-state index contributed by atoms with van der Waals surface area (Å²) >= 11 is 0. The Morgan fingerprint density at radius 1 is 1.17 bits per heavy atom. The molecule has 2 heteroatoms. The fourth-order valence-electron chi connectivity index (χ4n) is 2.76. The van der Waals surface area contributed by atoms with Crippen molar-refractivity contribution in [3.05, 3.63) is 0 Å². The largest absolute Gasteiger partial charge is 0.311 e. The molecule has 0 aromatic heterocycles. The minimum Gasteiger partial charge on any atom is -0.311 e. The van der Waals surface area contributed by atoms with E-state index in [0.29, 0.717) is 11.5 Å². The Bertz CT molecular complexity index is 230. The highest BCUT2D eigenvalue weighted by Crippen LogP contribution is 2.23. The molecule has 2 unspecified atom stereocenters. The molecule has 0 bridgehead atoms. The second kappa shape index (κ2) is 6.91. The number of rotatable bonds is 5. The van der Waals surface area contributed by atoms with Crippen molar-refractivity contribution in [2.45, 2.75) is 72.9 Å². The van der Waals surface area contributed by atoms with E-state index >= 15 is 0 Å². The van der Waals surface area contributed by atoms with Crippen molar-refractivity contribution in [2.24, 2.45) is 11.3 Å². The summed E-state index contributed by atoms with van der Waals surface area (Å²) in [6.45, 7) is 17.7. The summed E-state index contributed by atoms with van der Waals surface area (Å²) in [5, 5.41) is 3.68. The van der Waals surface area contributed by atoms with Gasteiger partial charge in [0.05, 0.1) is 0 Å². The van der Waals surface area contributed by atoms with Crippen molar-refractivity contribution in [3.63, 3.8) is 0 Å². The van der Waals surface area contributed by atoms with Crippen LogP contribution in [0.15, 0.2) is 0 Å². The quantitative estimate of drug-likeness (QED) is 0.807. The van der Waals surface area contributed by atoms with Gasteiger partial charge in [0.2, 0.25) is 0 Å². The normalized spacial score (nSPS) is 24.5. The first kappa shape index (κ1) is 16.0. The topological polar surface area (TPSA) is 15.3 Å². The first-order valence-corrected chi connectivity index (χ1v) is 7.78. The molecule has 1 rings (SSSR count). The molecule has 0 saturated carbocycles. The Morgan fingerprint density at radius 3 is 2.39 bits per heavy atom. The van der Waals surface area contributed by atoms with Crippen LogP contribution in [0.5, 0.6) is 0 Å². The predicted molar refractivity (Wildman–Crippen MR) is 81.0 cm³/mol. The zero-order valence-corrected chi connectivity index (χ0v) is 13.4. The molecule has 108 valence electrons. The SMILES string of the molecule is CC(C)CCCC(C)N1CCNC(C(C)(C)C)C1. The van der Waals surface area contributed by atoms with E-state index in [4.69, 9.17) is 0 Å². The summed E-state index contributed by atoms with van der Waals surface area (Å²) in [6, 6.07) is 1.38. The van der Waals surface area contributed by atoms with Gasteiger partial charge >= 0.3 is 0 Å². The molecule has 1 saturated heterocycles. The molecular formula is C16H34N2. The highest BCUT2D eigenvalue weighted by atomic mass is 15.2. The summed E-state index contributed by atoms with van der Waals surface area (Å²) in [7, 11) is 0. The molecule has 0 radical (unpaired) electrons. The minimum absolute atomic E-state index is 0.371. The van der Waals surface area contributed by atoms with Gasteiger partial charge in [0, 0.05) is 31.7 Å². The van der Waals surface area contributed by atoms with Crippen molar-refractivity contribution in [1.82, 2.24) is 10.2 Å². The van der Waals surface area contributed by atoms with E-state index in [1.165, 1.54) is 32.4 Å². The third-order valence-electron chi connectivity index (χ3n) is 4.28. The number of hydrogen-bond donors (Lipinski definition) is 1. The van der Waals surface area contributed by atoms with Crippen LogP contribution in [-0.2, 0) is 0 Å². The molecule has 0 aromatic rings. The van der Waals surface area contributed by atoms with E-state index in [1.807, 2.05) is 0 Å². The molecule has 2 atom stereocenters. The number of piperazine rings is 1. The van der Waals surface area contributed by atoms with Crippen LogP contribution in [0.25, 0.3) is 0 Å². The average Bonchev–Trinajstić information content (AvgIpc) is 2.27. The smallest absolute Gasteiger partial charge is 0.0244 e. The van der Waals surface area contributed by atoms with Crippen molar-refractivity contribution in [3.8, 4) is 0 Å². The molecule has 0 aromatic carbocycles. The first-order chi connectivity index (χ1) is 8.30. The van der Waals surface area contributed by atoms with Crippen molar-refractivity contribution >= 4 is 0 Å². The second-order valence-corrected chi connectivity index (χ2v) is 7.54. The Labute approximate surface area is 115 Å². The van der Waals surface area contributed by atoms with Crippen LogP contribution in [0.4, 0.5) is 0 Å². The lowest BCUT2D eigenvalue weighted by Crippen LogP contribution is -2.57. The number of hydrogen-bond acceptors (Lipinski definition) is 2. The molecule has 1 aliphatic rings. The standard InChI is InChI=1S/C16H34N2/c1-13(2)8-7-9-14(3)18-11-10-17-15(12-18)16(4,5)6/h13-15,17H,7-12H2,1-6H3. The summed E-state index contributed by atoms with van der Waals surface area (Å²) in [5.74, 6) is 0.850. The number of nitrogens with zero attached hydrogens (tertiary/aromatic N) is 1. The summed E-state index contributed by atoms with van der Waals surface area (Å²) < 4.78 is 0. The summed E-state index contributed by atoms with van der Waals surface area (Å²) in [5.41, 5.74) is 0.371. The maximum absolute atomic E-state index is 3.68. The maximum atomic E-state index is 3.68. The van der Waals surface area contributed by atoms with E-state index in [9.17, 15) is 0 Å². The van der Waals surface area contributed by atoms with Gasteiger partial charge in [-0.3, -0.25) is 4.90 Å². The molecule has 0 amide bonds. The van der Waals surface area contributed by atoms with Gasteiger partial charge in [-0.05, 0) is 24.7 Å². The molecule has 1 N–H and O–H groups in total. The predicted octanol–water partition coefficient (Wildman–Crippen LogP) is 3.52.